The molecule has 0 aliphatic heterocycles. The van der Waals surface area contributed by atoms with Crippen molar-refractivity contribution in [1.82, 2.24) is 0 Å². The van der Waals surface area contributed by atoms with E-state index >= 15 is 0 Å². The molecule has 3 rings (SSSR count). The lowest BCUT2D eigenvalue weighted by Gasteiger charge is -2.17. The van der Waals surface area contributed by atoms with Gasteiger partial charge in [0.05, 0.1) is 39.3 Å². The maximum atomic E-state index is 13.0. The van der Waals surface area contributed by atoms with Gasteiger partial charge < -0.3 is 29.6 Å². The predicted octanol–water partition coefficient (Wildman–Crippen LogP) is 5.64. The van der Waals surface area contributed by atoms with Crippen LogP contribution in [0, 0.1) is 5.92 Å². The SMILES string of the molecule is COc1cc(NC(=O)c2ccc(OCCC(C)C)c(OC)c2)c(OC)cc1NC(=O)c1ccccc1. The monoisotopic (exact) mass is 492 g/mol. The second-order valence-electron chi connectivity index (χ2n) is 8.42. The van der Waals surface area contributed by atoms with Crippen molar-refractivity contribution in [2.24, 2.45) is 5.92 Å². The van der Waals surface area contributed by atoms with Crippen molar-refractivity contribution >= 4 is 23.2 Å². The minimum absolute atomic E-state index is 0.296. The fourth-order valence-corrected chi connectivity index (χ4v) is 3.40. The molecule has 8 heteroatoms. The Labute approximate surface area is 211 Å². The topological polar surface area (TPSA) is 95.1 Å². The number of hydrogen-bond donors (Lipinski definition) is 2. The number of amides is 2. The lowest BCUT2D eigenvalue weighted by atomic mass is 10.1. The van der Waals surface area contributed by atoms with Crippen LogP contribution in [0.1, 0.15) is 41.0 Å². The molecule has 0 aromatic heterocycles. The Morgan fingerprint density at radius 1 is 0.694 bits per heavy atom. The van der Waals surface area contributed by atoms with Crippen LogP contribution in [0.25, 0.3) is 0 Å². The number of carbonyl (C=O) groups excluding carboxylic acids is 2. The number of benzene rings is 3. The Balaban J connectivity index is 1.80. The van der Waals surface area contributed by atoms with Gasteiger partial charge in [-0.15, -0.1) is 0 Å². The summed E-state index contributed by atoms with van der Waals surface area (Å²) in [6, 6.07) is 17.0. The number of methoxy groups -OCH3 is 3. The zero-order valence-electron chi connectivity index (χ0n) is 21.2. The van der Waals surface area contributed by atoms with Gasteiger partial charge in [0.2, 0.25) is 0 Å². The molecule has 3 aromatic rings. The van der Waals surface area contributed by atoms with Crippen LogP contribution in [0.4, 0.5) is 11.4 Å². The third-order valence-electron chi connectivity index (χ3n) is 5.43. The highest BCUT2D eigenvalue weighted by Crippen LogP contribution is 2.37. The van der Waals surface area contributed by atoms with Gasteiger partial charge in [-0.1, -0.05) is 32.0 Å². The molecule has 36 heavy (non-hydrogen) atoms. The highest BCUT2D eigenvalue weighted by atomic mass is 16.5. The summed E-state index contributed by atoms with van der Waals surface area (Å²) >= 11 is 0. The van der Waals surface area contributed by atoms with E-state index < -0.39 is 0 Å². The minimum atomic E-state index is -0.372. The first kappa shape index (κ1) is 26.4. The average Bonchev–Trinajstić information content (AvgIpc) is 2.89. The molecule has 190 valence electrons. The molecule has 3 aromatic carbocycles. The standard InChI is InChI=1S/C28H32N2O6/c1-18(2)13-14-36-23-12-11-20(15-26(23)35-5)28(32)30-22-17-24(33-3)21(16-25(22)34-4)29-27(31)19-9-7-6-8-10-19/h6-12,15-18H,13-14H2,1-5H3,(H,29,31)(H,30,32). The molecule has 0 atom stereocenters. The van der Waals surface area contributed by atoms with E-state index in [1.165, 1.54) is 21.3 Å². The van der Waals surface area contributed by atoms with E-state index in [4.69, 9.17) is 18.9 Å². The van der Waals surface area contributed by atoms with Gasteiger partial charge in [-0.3, -0.25) is 9.59 Å². The molecule has 2 amide bonds. The maximum absolute atomic E-state index is 13.0. The van der Waals surface area contributed by atoms with E-state index in [0.717, 1.165) is 6.42 Å². The first-order chi connectivity index (χ1) is 17.4. The molecule has 8 nitrogen and oxygen atoms in total. The number of ether oxygens (including phenoxy) is 4. The van der Waals surface area contributed by atoms with Crippen LogP contribution in [0.3, 0.4) is 0 Å². The molecule has 0 bridgehead atoms. The number of carbonyl (C=O) groups is 2. The van der Waals surface area contributed by atoms with Crippen LogP contribution >= 0.6 is 0 Å². The minimum Gasteiger partial charge on any atom is -0.494 e. The van der Waals surface area contributed by atoms with E-state index in [1.54, 1.807) is 54.6 Å². The van der Waals surface area contributed by atoms with Crippen LogP contribution < -0.4 is 29.6 Å². The van der Waals surface area contributed by atoms with Gasteiger partial charge in [0.25, 0.3) is 11.8 Å². The highest BCUT2D eigenvalue weighted by molar-refractivity contribution is 6.07. The van der Waals surface area contributed by atoms with Gasteiger partial charge in [0.15, 0.2) is 11.5 Å². The van der Waals surface area contributed by atoms with E-state index in [9.17, 15) is 9.59 Å². The van der Waals surface area contributed by atoms with Crippen molar-refractivity contribution in [3.63, 3.8) is 0 Å². The smallest absolute Gasteiger partial charge is 0.255 e. The third-order valence-corrected chi connectivity index (χ3v) is 5.43. The van der Waals surface area contributed by atoms with Gasteiger partial charge in [0, 0.05) is 23.3 Å². The summed E-state index contributed by atoms with van der Waals surface area (Å²) in [6.07, 6.45) is 0.912. The molecule has 0 fully saturated rings. The zero-order valence-corrected chi connectivity index (χ0v) is 21.2. The molecule has 2 N–H and O–H groups in total. The lowest BCUT2D eigenvalue weighted by molar-refractivity contribution is 0.101. The van der Waals surface area contributed by atoms with E-state index in [0.29, 0.717) is 58.0 Å². The van der Waals surface area contributed by atoms with Crippen molar-refractivity contribution in [1.29, 1.82) is 0 Å². The summed E-state index contributed by atoms with van der Waals surface area (Å²) < 4.78 is 22.2. The van der Waals surface area contributed by atoms with Crippen LogP contribution in [-0.2, 0) is 0 Å². The van der Waals surface area contributed by atoms with Gasteiger partial charge in [-0.05, 0) is 42.7 Å². The fourth-order valence-electron chi connectivity index (χ4n) is 3.40. The largest absolute Gasteiger partial charge is 0.494 e. The van der Waals surface area contributed by atoms with Crippen LogP contribution in [0.15, 0.2) is 60.7 Å². The second kappa shape index (κ2) is 12.5. The maximum Gasteiger partial charge on any atom is 0.255 e. The average molecular weight is 493 g/mol. The highest BCUT2D eigenvalue weighted by Gasteiger charge is 2.18. The molecule has 0 unspecified atom stereocenters. The van der Waals surface area contributed by atoms with E-state index in [2.05, 4.69) is 24.5 Å². The summed E-state index contributed by atoms with van der Waals surface area (Å²) in [5.74, 6) is 1.61. The Morgan fingerprint density at radius 2 is 1.25 bits per heavy atom. The summed E-state index contributed by atoms with van der Waals surface area (Å²) in [5, 5.41) is 5.66. The molecule has 0 aliphatic carbocycles. The number of rotatable bonds is 11. The Morgan fingerprint density at radius 3 is 1.78 bits per heavy atom. The normalized spacial score (nSPS) is 10.5. The Hall–Kier alpha value is -4.20. The van der Waals surface area contributed by atoms with Crippen molar-refractivity contribution in [3.05, 3.63) is 71.8 Å². The van der Waals surface area contributed by atoms with Crippen molar-refractivity contribution in [2.75, 3.05) is 38.6 Å². The number of anilines is 2. The summed E-state index contributed by atoms with van der Waals surface area (Å²) in [6.45, 7) is 4.81. The zero-order chi connectivity index (χ0) is 26.1. The third kappa shape index (κ3) is 6.69. The molecule has 0 aliphatic rings. The van der Waals surface area contributed by atoms with Crippen LogP contribution in [0.5, 0.6) is 23.0 Å². The summed E-state index contributed by atoms with van der Waals surface area (Å²) in [4.78, 5) is 25.7. The van der Waals surface area contributed by atoms with Gasteiger partial charge in [-0.2, -0.15) is 0 Å². The molecular weight excluding hydrogens is 460 g/mol. The second-order valence-corrected chi connectivity index (χ2v) is 8.42. The van der Waals surface area contributed by atoms with Crippen molar-refractivity contribution in [3.8, 4) is 23.0 Å². The van der Waals surface area contributed by atoms with E-state index in [-0.39, 0.29) is 11.8 Å². The Kier molecular flexibility index (Phi) is 9.16. The number of nitrogens with one attached hydrogen (secondary N) is 2. The van der Waals surface area contributed by atoms with Gasteiger partial charge in [-0.25, -0.2) is 0 Å². The van der Waals surface area contributed by atoms with Crippen LogP contribution in [-0.4, -0.2) is 39.8 Å². The van der Waals surface area contributed by atoms with Gasteiger partial charge in [0.1, 0.15) is 11.5 Å². The molecule has 0 heterocycles. The molecule has 0 spiro atoms. The molecule has 0 radical (unpaired) electrons. The quantitative estimate of drug-likeness (QED) is 0.360. The summed E-state index contributed by atoms with van der Waals surface area (Å²) in [7, 11) is 4.49. The predicted molar refractivity (Wildman–Crippen MR) is 140 cm³/mol. The van der Waals surface area contributed by atoms with Gasteiger partial charge >= 0.3 is 0 Å². The first-order valence-corrected chi connectivity index (χ1v) is 11.6. The first-order valence-electron chi connectivity index (χ1n) is 11.6. The van der Waals surface area contributed by atoms with Crippen LogP contribution in [0.2, 0.25) is 0 Å². The molecular formula is C28H32N2O6. The van der Waals surface area contributed by atoms with Crippen molar-refractivity contribution < 1.29 is 28.5 Å². The fraction of sp³-hybridized carbons (Fsp3) is 0.286. The van der Waals surface area contributed by atoms with E-state index in [1.807, 2.05) is 6.07 Å². The lowest BCUT2D eigenvalue weighted by Crippen LogP contribution is -2.15. The van der Waals surface area contributed by atoms with Crippen molar-refractivity contribution in [2.45, 2.75) is 20.3 Å². The number of hydrogen-bond acceptors (Lipinski definition) is 6. The Bertz CT molecular complexity index is 1190. The molecule has 0 saturated heterocycles. The molecule has 0 saturated carbocycles. The summed E-state index contributed by atoms with van der Waals surface area (Å²) in [5.41, 5.74) is 1.67.